The Balaban J connectivity index is 1.92. The molecule has 1 aromatic rings. The zero-order valence-electron chi connectivity index (χ0n) is 11.0. The molecule has 7 heteroatoms. The molecule has 2 unspecified atom stereocenters. The highest BCUT2D eigenvalue weighted by atomic mass is 16.4. The van der Waals surface area contributed by atoms with Gasteiger partial charge in [-0.05, 0) is 19.3 Å². The molecule has 1 aliphatic carbocycles. The predicted molar refractivity (Wildman–Crippen MR) is 66.7 cm³/mol. The third-order valence-electron chi connectivity index (χ3n) is 3.37. The van der Waals surface area contributed by atoms with Gasteiger partial charge in [-0.2, -0.15) is 0 Å². The summed E-state index contributed by atoms with van der Waals surface area (Å²) in [6.45, 7) is 3.91. The molecule has 0 bridgehead atoms. The minimum Gasteiger partial charge on any atom is -0.481 e. The van der Waals surface area contributed by atoms with Gasteiger partial charge < -0.3 is 10.4 Å². The van der Waals surface area contributed by atoms with Crippen molar-refractivity contribution < 1.29 is 14.7 Å². The molecular formula is C12H18N4O3. The second-order valence-electron chi connectivity index (χ2n) is 5.22. The number of carboxylic acid groups (broad SMARTS) is 1. The number of hydrogen-bond donors (Lipinski definition) is 3. The molecule has 0 spiro atoms. The number of amides is 1. The number of aliphatic carboxylic acids is 1. The monoisotopic (exact) mass is 266 g/mol. The zero-order valence-corrected chi connectivity index (χ0v) is 11.0. The van der Waals surface area contributed by atoms with Crippen LogP contribution in [0.1, 0.15) is 55.5 Å². The van der Waals surface area contributed by atoms with Crippen molar-refractivity contribution in [1.82, 2.24) is 20.5 Å². The fourth-order valence-corrected chi connectivity index (χ4v) is 2.22. The quantitative estimate of drug-likeness (QED) is 0.750. The number of H-pyrrole nitrogens is 1. The fourth-order valence-electron chi connectivity index (χ4n) is 2.22. The molecule has 2 rings (SSSR count). The maximum absolute atomic E-state index is 11.9. The van der Waals surface area contributed by atoms with E-state index in [9.17, 15) is 9.59 Å². The first-order valence-corrected chi connectivity index (χ1v) is 6.43. The first kappa shape index (κ1) is 13.5. The lowest BCUT2D eigenvalue weighted by molar-refractivity contribution is -0.141. The molecule has 1 aliphatic rings. The molecule has 0 radical (unpaired) electrons. The average molecular weight is 266 g/mol. The normalized spacial score (nSPS) is 22.7. The third-order valence-corrected chi connectivity index (χ3v) is 3.37. The summed E-state index contributed by atoms with van der Waals surface area (Å²) in [6.07, 6.45) is 1.76. The van der Waals surface area contributed by atoms with Gasteiger partial charge in [0.05, 0.1) is 5.92 Å². The van der Waals surface area contributed by atoms with Crippen LogP contribution in [0.25, 0.3) is 0 Å². The molecule has 0 saturated heterocycles. The van der Waals surface area contributed by atoms with E-state index in [-0.39, 0.29) is 29.6 Å². The molecule has 2 atom stereocenters. The van der Waals surface area contributed by atoms with Gasteiger partial charge in [0.25, 0.3) is 5.91 Å². The van der Waals surface area contributed by atoms with E-state index in [0.29, 0.717) is 25.1 Å². The SMILES string of the molecule is CC(C)c1nc(C(=O)NC2CCC(C(=O)O)C2)n[nH]1. The Morgan fingerprint density at radius 1 is 1.42 bits per heavy atom. The lowest BCUT2D eigenvalue weighted by Gasteiger charge is -2.10. The summed E-state index contributed by atoms with van der Waals surface area (Å²) in [4.78, 5) is 26.9. The van der Waals surface area contributed by atoms with Crippen LogP contribution in [0.2, 0.25) is 0 Å². The largest absolute Gasteiger partial charge is 0.481 e. The van der Waals surface area contributed by atoms with E-state index in [2.05, 4.69) is 20.5 Å². The van der Waals surface area contributed by atoms with E-state index in [0.717, 1.165) is 0 Å². The van der Waals surface area contributed by atoms with E-state index < -0.39 is 5.97 Å². The molecular weight excluding hydrogens is 248 g/mol. The maximum atomic E-state index is 11.9. The van der Waals surface area contributed by atoms with Crippen molar-refractivity contribution in [2.45, 2.75) is 45.1 Å². The lowest BCUT2D eigenvalue weighted by Crippen LogP contribution is -2.34. The minimum atomic E-state index is -0.795. The molecule has 1 saturated carbocycles. The molecule has 1 amide bonds. The number of nitrogens with one attached hydrogen (secondary N) is 2. The van der Waals surface area contributed by atoms with Crippen molar-refractivity contribution in [1.29, 1.82) is 0 Å². The number of aromatic nitrogens is 3. The van der Waals surface area contributed by atoms with E-state index in [4.69, 9.17) is 5.11 Å². The molecule has 0 aromatic carbocycles. The van der Waals surface area contributed by atoms with E-state index in [1.165, 1.54) is 0 Å². The number of carbonyl (C=O) groups excluding carboxylic acids is 1. The molecule has 0 aliphatic heterocycles. The third kappa shape index (κ3) is 3.10. The predicted octanol–water partition coefficient (Wildman–Crippen LogP) is 0.911. The molecule has 1 heterocycles. The van der Waals surface area contributed by atoms with Gasteiger partial charge in [0.1, 0.15) is 5.82 Å². The topological polar surface area (TPSA) is 108 Å². The second-order valence-corrected chi connectivity index (χ2v) is 5.22. The second kappa shape index (κ2) is 5.38. The smallest absolute Gasteiger partial charge is 0.306 e. The Morgan fingerprint density at radius 3 is 2.68 bits per heavy atom. The van der Waals surface area contributed by atoms with Gasteiger partial charge in [-0.15, -0.1) is 5.10 Å². The first-order valence-electron chi connectivity index (χ1n) is 6.43. The van der Waals surface area contributed by atoms with Crippen molar-refractivity contribution >= 4 is 11.9 Å². The van der Waals surface area contributed by atoms with Crippen LogP contribution in [0, 0.1) is 5.92 Å². The Bertz CT molecular complexity index is 483. The van der Waals surface area contributed by atoms with Crippen LogP contribution in [0.4, 0.5) is 0 Å². The van der Waals surface area contributed by atoms with Crippen molar-refractivity contribution in [3.63, 3.8) is 0 Å². The number of carbonyl (C=O) groups is 2. The summed E-state index contributed by atoms with van der Waals surface area (Å²) >= 11 is 0. The Hall–Kier alpha value is -1.92. The van der Waals surface area contributed by atoms with Crippen LogP contribution in [0.5, 0.6) is 0 Å². The first-order chi connectivity index (χ1) is 8.97. The van der Waals surface area contributed by atoms with Crippen LogP contribution in [-0.4, -0.2) is 38.2 Å². The fraction of sp³-hybridized carbons (Fsp3) is 0.667. The van der Waals surface area contributed by atoms with Crippen molar-refractivity contribution in [3.05, 3.63) is 11.6 Å². The standard InChI is InChI=1S/C12H18N4O3/c1-6(2)9-14-10(16-15-9)11(17)13-8-4-3-7(5-8)12(18)19/h6-8H,3-5H2,1-2H3,(H,13,17)(H,18,19)(H,14,15,16). The van der Waals surface area contributed by atoms with Gasteiger partial charge in [-0.25, -0.2) is 4.98 Å². The van der Waals surface area contributed by atoms with Crippen LogP contribution in [0.15, 0.2) is 0 Å². The van der Waals surface area contributed by atoms with E-state index >= 15 is 0 Å². The highest BCUT2D eigenvalue weighted by Gasteiger charge is 2.31. The Labute approximate surface area is 110 Å². The Morgan fingerprint density at radius 2 is 2.16 bits per heavy atom. The molecule has 3 N–H and O–H groups in total. The van der Waals surface area contributed by atoms with E-state index in [1.807, 2.05) is 13.8 Å². The molecule has 1 fully saturated rings. The number of carboxylic acids is 1. The number of aromatic amines is 1. The minimum absolute atomic E-state index is 0.102. The summed E-state index contributed by atoms with van der Waals surface area (Å²) in [5.74, 6) is -0.543. The maximum Gasteiger partial charge on any atom is 0.306 e. The van der Waals surface area contributed by atoms with Gasteiger partial charge in [0.15, 0.2) is 0 Å². The van der Waals surface area contributed by atoms with Crippen LogP contribution in [-0.2, 0) is 4.79 Å². The molecule has 7 nitrogen and oxygen atoms in total. The van der Waals surface area contributed by atoms with Crippen LogP contribution in [0.3, 0.4) is 0 Å². The van der Waals surface area contributed by atoms with Gasteiger partial charge >= 0.3 is 5.97 Å². The number of hydrogen-bond acceptors (Lipinski definition) is 4. The lowest BCUT2D eigenvalue weighted by atomic mass is 10.1. The van der Waals surface area contributed by atoms with Crippen LogP contribution < -0.4 is 5.32 Å². The van der Waals surface area contributed by atoms with Crippen molar-refractivity contribution in [2.75, 3.05) is 0 Å². The van der Waals surface area contributed by atoms with Crippen molar-refractivity contribution in [3.8, 4) is 0 Å². The number of rotatable bonds is 4. The summed E-state index contributed by atoms with van der Waals surface area (Å²) < 4.78 is 0. The van der Waals surface area contributed by atoms with Gasteiger partial charge in [0, 0.05) is 12.0 Å². The van der Waals surface area contributed by atoms with Crippen molar-refractivity contribution in [2.24, 2.45) is 5.92 Å². The highest BCUT2D eigenvalue weighted by Crippen LogP contribution is 2.25. The Kier molecular flexibility index (Phi) is 3.82. The molecule has 1 aromatic heterocycles. The summed E-state index contributed by atoms with van der Waals surface area (Å²) in [7, 11) is 0. The zero-order chi connectivity index (χ0) is 14.0. The average Bonchev–Trinajstić information content (AvgIpc) is 2.96. The highest BCUT2D eigenvalue weighted by molar-refractivity contribution is 5.90. The number of nitrogens with zero attached hydrogens (tertiary/aromatic N) is 2. The van der Waals surface area contributed by atoms with Crippen LogP contribution >= 0.6 is 0 Å². The summed E-state index contributed by atoms with van der Waals surface area (Å²) in [5.41, 5.74) is 0. The van der Waals surface area contributed by atoms with Gasteiger partial charge in [-0.3, -0.25) is 14.7 Å². The summed E-state index contributed by atoms with van der Waals surface area (Å²) in [5, 5.41) is 18.3. The van der Waals surface area contributed by atoms with E-state index in [1.54, 1.807) is 0 Å². The van der Waals surface area contributed by atoms with Gasteiger partial charge in [-0.1, -0.05) is 13.8 Å². The molecule has 104 valence electrons. The van der Waals surface area contributed by atoms with Gasteiger partial charge in [0.2, 0.25) is 5.82 Å². The summed E-state index contributed by atoms with van der Waals surface area (Å²) in [6, 6.07) is -0.102. The molecule has 19 heavy (non-hydrogen) atoms.